The van der Waals surface area contributed by atoms with E-state index in [2.05, 4.69) is 13.5 Å². The minimum atomic E-state index is -0.966. The number of aliphatic hydroxyl groups excluding tert-OH is 3. The van der Waals surface area contributed by atoms with Crippen LogP contribution in [0.3, 0.4) is 0 Å². The van der Waals surface area contributed by atoms with Gasteiger partial charge in [-0.15, -0.1) is 6.58 Å². The van der Waals surface area contributed by atoms with Crippen molar-refractivity contribution in [2.45, 2.75) is 51.7 Å². The molecule has 0 aliphatic heterocycles. The second-order valence-electron chi connectivity index (χ2n) is 3.22. The number of allylic oxidation sites excluding steroid dienone is 1. The standard InChI is InChI=1S/C8H18O3.C3H6/c1-2-3-4-5-7(10)8(11)6-9;1-3-2/h7-11H,2-6H2,1H3;3H,1H2,2H3. The van der Waals surface area contributed by atoms with Gasteiger partial charge < -0.3 is 15.3 Å². The molecule has 3 N–H and O–H groups in total. The molecule has 3 nitrogen and oxygen atoms in total. The number of aliphatic hydroxyl groups is 3. The molecule has 0 heterocycles. The molecular formula is C11H24O3. The highest BCUT2D eigenvalue weighted by Gasteiger charge is 2.13. The van der Waals surface area contributed by atoms with Gasteiger partial charge in [-0.25, -0.2) is 0 Å². The van der Waals surface area contributed by atoms with Gasteiger partial charge in [-0.2, -0.15) is 0 Å². The molecule has 0 saturated carbocycles. The fourth-order valence-electron chi connectivity index (χ4n) is 0.918. The maximum absolute atomic E-state index is 9.13. The Balaban J connectivity index is 0. The lowest BCUT2D eigenvalue weighted by molar-refractivity contribution is -0.0185. The Bertz CT molecular complexity index is 115. The SMILES string of the molecule is C=CC.CCCCCC(O)C(O)CO. The molecule has 0 aromatic heterocycles. The zero-order valence-electron chi connectivity index (χ0n) is 9.32. The third kappa shape index (κ3) is 11.6. The van der Waals surface area contributed by atoms with E-state index in [0.29, 0.717) is 6.42 Å². The van der Waals surface area contributed by atoms with Gasteiger partial charge in [-0.1, -0.05) is 32.3 Å². The molecule has 0 aromatic rings. The van der Waals surface area contributed by atoms with E-state index in [0.717, 1.165) is 19.3 Å². The maximum Gasteiger partial charge on any atom is 0.103 e. The van der Waals surface area contributed by atoms with Gasteiger partial charge in [0.15, 0.2) is 0 Å². The van der Waals surface area contributed by atoms with Crippen molar-refractivity contribution < 1.29 is 15.3 Å². The molecule has 0 fully saturated rings. The molecule has 0 bridgehead atoms. The summed E-state index contributed by atoms with van der Waals surface area (Å²) in [5.41, 5.74) is 0. The first-order chi connectivity index (χ1) is 6.63. The minimum Gasteiger partial charge on any atom is -0.394 e. The molecular weight excluding hydrogens is 180 g/mol. The zero-order chi connectivity index (χ0) is 11.4. The number of hydrogen-bond donors (Lipinski definition) is 3. The van der Waals surface area contributed by atoms with E-state index in [1.807, 2.05) is 6.92 Å². The minimum absolute atomic E-state index is 0.354. The van der Waals surface area contributed by atoms with Gasteiger partial charge in [0.05, 0.1) is 12.7 Å². The summed E-state index contributed by atoms with van der Waals surface area (Å²) < 4.78 is 0. The number of rotatable bonds is 6. The summed E-state index contributed by atoms with van der Waals surface area (Å²) in [6, 6.07) is 0. The van der Waals surface area contributed by atoms with Gasteiger partial charge in [0, 0.05) is 0 Å². The maximum atomic E-state index is 9.13. The molecule has 2 unspecified atom stereocenters. The monoisotopic (exact) mass is 204 g/mol. The first-order valence-corrected chi connectivity index (χ1v) is 5.18. The average Bonchev–Trinajstić information content (AvgIpc) is 2.18. The average molecular weight is 204 g/mol. The number of unbranched alkanes of at least 4 members (excludes halogenated alkanes) is 2. The van der Waals surface area contributed by atoms with Gasteiger partial charge in [0.2, 0.25) is 0 Å². The van der Waals surface area contributed by atoms with E-state index in [4.69, 9.17) is 15.3 Å². The highest BCUT2D eigenvalue weighted by molar-refractivity contribution is 4.65. The lowest BCUT2D eigenvalue weighted by atomic mass is 10.1. The Morgan fingerprint density at radius 3 is 2.07 bits per heavy atom. The second-order valence-corrected chi connectivity index (χ2v) is 3.22. The molecule has 3 heteroatoms. The van der Waals surface area contributed by atoms with Crippen LogP contribution in [-0.2, 0) is 0 Å². The van der Waals surface area contributed by atoms with Crippen LogP contribution in [-0.4, -0.2) is 34.1 Å². The van der Waals surface area contributed by atoms with Crippen molar-refractivity contribution in [3.05, 3.63) is 12.7 Å². The third-order valence-corrected chi connectivity index (χ3v) is 1.73. The third-order valence-electron chi connectivity index (χ3n) is 1.73. The summed E-state index contributed by atoms with van der Waals surface area (Å²) in [5.74, 6) is 0. The Hall–Kier alpha value is -0.380. The molecule has 0 aliphatic carbocycles. The van der Waals surface area contributed by atoms with Gasteiger partial charge in [-0.05, 0) is 13.3 Å². The van der Waals surface area contributed by atoms with E-state index in [1.165, 1.54) is 0 Å². The molecule has 0 radical (unpaired) electrons. The molecule has 0 saturated heterocycles. The van der Waals surface area contributed by atoms with Crippen LogP contribution in [0.2, 0.25) is 0 Å². The Kier molecular flexibility index (Phi) is 14.5. The van der Waals surface area contributed by atoms with Gasteiger partial charge >= 0.3 is 0 Å². The summed E-state index contributed by atoms with van der Waals surface area (Å²) >= 11 is 0. The predicted octanol–water partition coefficient (Wildman–Crippen LogP) is 1.47. The van der Waals surface area contributed by atoms with E-state index < -0.39 is 12.2 Å². The van der Waals surface area contributed by atoms with Crippen molar-refractivity contribution >= 4 is 0 Å². The normalized spacial score (nSPS) is 13.8. The van der Waals surface area contributed by atoms with Crippen LogP contribution in [0.1, 0.15) is 39.5 Å². The lowest BCUT2D eigenvalue weighted by Crippen LogP contribution is -2.28. The summed E-state index contributed by atoms with van der Waals surface area (Å²) in [6.07, 6.45) is 3.68. The Morgan fingerprint density at radius 1 is 1.21 bits per heavy atom. The van der Waals surface area contributed by atoms with Crippen molar-refractivity contribution in [2.24, 2.45) is 0 Å². The summed E-state index contributed by atoms with van der Waals surface area (Å²) in [6.45, 7) is 6.97. The summed E-state index contributed by atoms with van der Waals surface area (Å²) in [7, 11) is 0. The summed E-state index contributed by atoms with van der Waals surface area (Å²) in [4.78, 5) is 0. The van der Waals surface area contributed by atoms with E-state index in [1.54, 1.807) is 6.08 Å². The topological polar surface area (TPSA) is 60.7 Å². The fourth-order valence-corrected chi connectivity index (χ4v) is 0.918. The van der Waals surface area contributed by atoms with Crippen LogP contribution in [0.25, 0.3) is 0 Å². The van der Waals surface area contributed by atoms with Crippen molar-refractivity contribution in [1.82, 2.24) is 0 Å². The highest BCUT2D eigenvalue weighted by Crippen LogP contribution is 2.05. The molecule has 0 aromatic carbocycles. The van der Waals surface area contributed by atoms with Crippen molar-refractivity contribution in [2.75, 3.05) is 6.61 Å². The number of hydrogen-bond acceptors (Lipinski definition) is 3. The van der Waals surface area contributed by atoms with Gasteiger partial charge in [0.25, 0.3) is 0 Å². The molecule has 2 atom stereocenters. The van der Waals surface area contributed by atoms with E-state index in [-0.39, 0.29) is 6.61 Å². The Morgan fingerprint density at radius 2 is 1.71 bits per heavy atom. The van der Waals surface area contributed by atoms with Crippen molar-refractivity contribution in [3.8, 4) is 0 Å². The molecule has 14 heavy (non-hydrogen) atoms. The van der Waals surface area contributed by atoms with Crippen LogP contribution in [0.15, 0.2) is 12.7 Å². The van der Waals surface area contributed by atoms with Gasteiger partial charge in [-0.3, -0.25) is 0 Å². The molecule has 0 spiro atoms. The van der Waals surface area contributed by atoms with Crippen molar-refractivity contribution in [3.63, 3.8) is 0 Å². The highest BCUT2D eigenvalue weighted by atomic mass is 16.4. The van der Waals surface area contributed by atoms with Crippen LogP contribution < -0.4 is 0 Å². The summed E-state index contributed by atoms with van der Waals surface area (Å²) in [5, 5.41) is 26.5. The van der Waals surface area contributed by atoms with Crippen LogP contribution in [0, 0.1) is 0 Å². The van der Waals surface area contributed by atoms with Crippen molar-refractivity contribution in [1.29, 1.82) is 0 Å². The molecule has 0 amide bonds. The smallest absolute Gasteiger partial charge is 0.103 e. The van der Waals surface area contributed by atoms with Crippen LogP contribution in [0.4, 0.5) is 0 Å². The van der Waals surface area contributed by atoms with E-state index in [9.17, 15) is 0 Å². The molecule has 86 valence electrons. The first kappa shape index (κ1) is 16.1. The zero-order valence-corrected chi connectivity index (χ0v) is 9.32. The molecule has 0 aliphatic rings. The molecule has 0 rings (SSSR count). The van der Waals surface area contributed by atoms with Gasteiger partial charge in [0.1, 0.15) is 6.10 Å². The fraction of sp³-hybridized carbons (Fsp3) is 0.818. The Labute approximate surface area is 87.1 Å². The van der Waals surface area contributed by atoms with E-state index >= 15 is 0 Å². The quantitative estimate of drug-likeness (QED) is 0.453. The first-order valence-electron chi connectivity index (χ1n) is 5.18. The lowest BCUT2D eigenvalue weighted by Gasteiger charge is -2.14. The van der Waals surface area contributed by atoms with Crippen LogP contribution >= 0.6 is 0 Å². The van der Waals surface area contributed by atoms with Crippen LogP contribution in [0.5, 0.6) is 0 Å². The second kappa shape index (κ2) is 12.6. The predicted molar refractivity (Wildman–Crippen MR) is 59.1 cm³/mol. The largest absolute Gasteiger partial charge is 0.394 e.